The third-order valence-electron chi connectivity index (χ3n) is 5.25. The molecule has 0 aliphatic carbocycles. The van der Waals surface area contributed by atoms with Gasteiger partial charge in [-0.3, -0.25) is 9.97 Å². The first-order valence-electron chi connectivity index (χ1n) is 10.5. The van der Waals surface area contributed by atoms with Crippen molar-refractivity contribution in [3.63, 3.8) is 0 Å². The van der Waals surface area contributed by atoms with Crippen molar-refractivity contribution in [2.45, 2.75) is 78.1 Å². The maximum absolute atomic E-state index is 4.76. The third-order valence-corrected chi connectivity index (χ3v) is 5.25. The van der Waals surface area contributed by atoms with E-state index in [2.05, 4.69) is 38.1 Å². The minimum atomic E-state index is 1.04. The number of hydrogen-bond acceptors (Lipinski definition) is 2. The number of pyridine rings is 2. The fourth-order valence-corrected chi connectivity index (χ4v) is 3.67. The maximum Gasteiger partial charge on any atom is 0.0964 e. The third kappa shape index (κ3) is 4.81. The number of fused-ring (bicyclic) bond motifs is 3. The second kappa shape index (κ2) is 9.66. The van der Waals surface area contributed by atoms with Crippen LogP contribution in [0.5, 0.6) is 0 Å². The molecular formula is C24H32N2. The van der Waals surface area contributed by atoms with E-state index in [9.17, 15) is 0 Å². The van der Waals surface area contributed by atoms with Crippen LogP contribution in [0.15, 0.2) is 36.7 Å². The number of benzene rings is 1. The second-order valence-electron chi connectivity index (χ2n) is 7.52. The number of unbranched alkanes of at least 4 members (excludes halogenated alkanes) is 6. The molecule has 138 valence electrons. The van der Waals surface area contributed by atoms with Gasteiger partial charge in [-0.05, 0) is 48.9 Å². The van der Waals surface area contributed by atoms with E-state index in [4.69, 9.17) is 9.97 Å². The largest absolute Gasteiger partial charge is 0.254 e. The van der Waals surface area contributed by atoms with E-state index in [1.807, 2.05) is 12.4 Å². The highest BCUT2D eigenvalue weighted by molar-refractivity contribution is 6.02. The van der Waals surface area contributed by atoms with Gasteiger partial charge in [-0.1, -0.05) is 64.5 Å². The molecule has 0 saturated heterocycles. The van der Waals surface area contributed by atoms with E-state index in [1.54, 1.807) is 0 Å². The van der Waals surface area contributed by atoms with E-state index in [-0.39, 0.29) is 0 Å². The van der Waals surface area contributed by atoms with Gasteiger partial charge in [0.05, 0.1) is 11.0 Å². The Morgan fingerprint density at radius 3 is 1.50 bits per heavy atom. The Kier molecular flexibility index (Phi) is 6.99. The fraction of sp³-hybridized carbons (Fsp3) is 0.500. The van der Waals surface area contributed by atoms with E-state index in [1.165, 1.54) is 73.3 Å². The van der Waals surface area contributed by atoms with Gasteiger partial charge in [0.15, 0.2) is 0 Å². The highest BCUT2D eigenvalue weighted by atomic mass is 14.7. The van der Waals surface area contributed by atoms with Crippen LogP contribution in [-0.4, -0.2) is 9.97 Å². The molecule has 0 saturated carbocycles. The van der Waals surface area contributed by atoms with Gasteiger partial charge in [0.2, 0.25) is 0 Å². The summed E-state index contributed by atoms with van der Waals surface area (Å²) in [6, 6.07) is 9.02. The monoisotopic (exact) mass is 348 g/mol. The van der Waals surface area contributed by atoms with Gasteiger partial charge in [-0.15, -0.1) is 0 Å². The molecule has 2 heteroatoms. The maximum atomic E-state index is 4.76. The predicted octanol–water partition coefficient (Wildman–Crippen LogP) is 7.03. The molecule has 0 fully saturated rings. The quantitative estimate of drug-likeness (QED) is 0.290. The molecule has 0 aliphatic rings. The van der Waals surface area contributed by atoms with Crippen molar-refractivity contribution in [3.8, 4) is 0 Å². The summed E-state index contributed by atoms with van der Waals surface area (Å²) >= 11 is 0. The minimum Gasteiger partial charge on any atom is -0.254 e. The van der Waals surface area contributed by atoms with Gasteiger partial charge >= 0.3 is 0 Å². The summed E-state index contributed by atoms with van der Waals surface area (Å²) in [5, 5.41) is 2.43. The highest BCUT2D eigenvalue weighted by Gasteiger charge is 2.06. The van der Waals surface area contributed by atoms with E-state index in [0.717, 1.165) is 23.9 Å². The molecule has 1 aromatic carbocycles. The Labute approximate surface area is 158 Å². The standard InChI is InChI=1S/C24H32N2/c1-3-5-7-9-11-19-15-21-13-14-22-16-20(12-10-8-6-4-2)18-26-24(22)23(21)25-17-19/h13-18H,3-12H2,1-2H3. The van der Waals surface area contributed by atoms with Crippen LogP contribution in [0.4, 0.5) is 0 Å². The Balaban J connectivity index is 1.75. The van der Waals surface area contributed by atoms with Crippen LogP contribution in [0, 0.1) is 0 Å². The topological polar surface area (TPSA) is 25.8 Å². The molecule has 3 rings (SSSR count). The summed E-state index contributed by atoms with van der Waals surface area (Å²) in [5.74, 6) is 0. The van der Waals surface area contributed by atoms with Gasteiger partial charge in [-0.25, -0.2) is 0 Å². The molecule has 0 bridgehead atoms. The second-order valence-corrected chi connectivity index (χ2v) is 7.52. The number of aryl methyl sites for hydroxylation is 2. The lowest BCUT2D eigenvalue weighted by Crippen LogP contribution is -1.93. The zero-order chi connectivity index (χ0) is 18.2. The Hall–Kier alpha value is -1.96. The van der Waals surface area contributed by atoms with E-state index in [0.29, 0.717) is 0 Å². The number of hydrogen-bond donors (Lipinski definition) is 0. The number of rotatable bonds is 10. The first-order chi connectivity index (χ1) is 12.8. The first kappa shape index (κ1) is 18.8. The van der Waals surface area contributed by atoms with Crippen molar-refractivity contribution in [3.05, 3.63) is 47.8 Å². The molecule has 0 N–H and O–H groups in total. The lowest BCUT2D eigenvalue weighted by Gasteiger charge is -2.07. The molecule has 0 radical (unpaired) electrons. The molecule has 0 amide bonds. The number of aromatic nitrogens is 2. The van der Waals surface area contributed by atoms with Crippen LogP contribution in [-0.2, 0) is 12.8 Å². The lowest BCUT2D eigenvalue weighted by atomic mass is 10.0. The SMILES string of the molecule is CCCCCCc1cnc2c(ccc3cc(CCCCCC)cnc32)c1. The summed E-state index contributed by atoms with van der Waals surface area (Å²) in [6.07, 6.45) is 16.7. The van der Waals surface area contributed by atoms with Crippen LogP contribution in [0.2, 0.25) is 0 Å². The summed E-state index contributed by atoms with van der Waals surface area (Å²) in [7, 11) is 0. The minimum absolute atomic E-state index is 1.04. The average molecular weight is 349 g/mol. The van der Waals surface area contributed by atoms with Crippen LogP contribution in [0.25, 0.3) is 21.8 Å². The normalized spacial score (nSPS) is 11.5. The van der Waals surface area contributed by atoms with Gasteiger partial charge in [-0.2, -0.15) is 0 Å². The Morgan fingerprint density at radius 2 is 1.08 bits per heavy atom. The Bertz CT molecular complexity index is 767. The molecule has 2 aromatic heterocycles. The molecule has 0 aliphatic heterocycles. The van der Waals surface area contributed by atoms with Crippen molar-refractivity contribution in [1.29, 1.82) is 0 Å². The zero-order valence-corrected chi connectivity index (χ0v) is 16.4. The predicted molar refractivity (Wildman–Crippen MR) is 113 cm³/mol. The van der Waals surface area contributed by atoms with Crippen LogP contribution < -0.4 is 0 Å². The van der Waals surface area contributed by atoms with Gasteiger partial charge in [0.1, 0.15) is 0 Å². The lowest BCUT2D eigenvalue weighted by molar-refractivity contribution is 0.666. The van der Waals surface area contributed by atoms with Crippen LogP contribution >= 0.6 is 0 Å². The molecule has 3 aromatic rings. The molecule has 2 nitrogen and oxygen atoms in total. The smallest absolute Gasteiger partial charge is 0.0964 e. The van der Waals surface area contributed by atoms with E-state index >= 15 is 0 Å². The first-order valence-corrected chi connectivity index (χ1v) is 10.5. The van der Waals surface area contributed by atoms with Gasteiger partial charge in [0, 0.05) is 23.2 Å². The van der Waals surface area contributed by atoms with Gasteiger partial charge in [0.25, 0.3) is 0 Å². The average Bonchev–Trinajstić information content (AvgIpc) is 2.68. The zero-order valence-electron chi connectivity index (χ0n) is 16.4. The van der Waals surface area contributed by atoms with Crippen LogP contribution in [0.3, 0.4) is 0 Å². The summed E-state index contributed by atoms with van der Waals surface area (Å²) in [5.41, 5.74) is 4.77. The molecule has 0 atom stereocenters. The van der Waals surface area contributed by atoms with Crippen molar-refractivity contribution < 1.29 is 0 Å². The molecule has 0 unspecified atom stereocenters. The molecular weight excluding hydrogens is 316 g/mol. The molecule has 0 spiro atoms. The van der Waals surface area contributed by atoms with Crippen molar-refractivity contribution in [2.24, 2.45) is 0 Å². The van der Waals surface area contributed by atoms with Gasteiger partial charge < -0.3 is 0 Å². The van der Waals surface area contributed by atoms with E-state index < -0.39 is 0 Å². The number of nitrogens with zero attached hydrogens (tertiary/aromatic N) is 2. The Morgan fingerprint density at radius 1 is 0.615 bits per heavy atom. The van der Waals surface area contributed by atoms with Crippen molar-refractivity contribution in [2.75, 3.05) is 0 Å². The summed E-state index contributed by atoms with van der Waals surface area (Å²) in [4.78, 5) is 9.52. The van der Waals surface area contributed by atoms with Crippen molar-refractivity contribution in [1.82, 2.24) is 9.97 Å². The summed E-state index contributed by atoms with van der Waals surface area (Å²) < 4.78 is 0. The fourth-order valence-electron chi connectivity index (χ4n) is 3.67. The van der Waals surface area contributed by atoms with Crippen molar-refractivity contribution >= 4 is 21.8 Å². The highest BCUT2D eigenvalue weighted by Crippen LogP contribution is 2.24. The molecule has 26 heavy (non-hydrogen) atoms. The summed E-state index contributed by atoms with van der Waals surface area (Å²) in [6.45, 7) is 4.51. The van der Waals surface area contributed by atoms with Crippen LogP contribution in [0.1, 0.15) is 76.3 Å². The molecule has 2 heterocycles.